The van der Waals surface area contributed by atoms with E-state index in [4.69, 9.17) is 0 Å². The summed E-state index contributed by atoms with van der Waals surface area (Å²) in [6.45, 7) is 4.50. The quantitative estimate of drug-likeness (QED) is 0.782. The zero-order chi connectivity index (χ0) is 12.4. The summed E-state index contributed by atoms with van der Waals surface area (Å²) >= 11 is 3.74. The third-order valence-corrected chi connectivity index (χ3v) is 4.91. The molecule has 0 N–H and O–H groups in total. The largest absolute Gasteiger partial charge is 0.268 e. The number of hydrogen-bond acceptors (Lipinski definition) is 1. The first kappa shape index (κ1) is 12.6. The molecule has 1 aromatic heterocycles. The molecule has 17 heavy (non-hydrogen) atoms. The van der Waals surface area contributed by atoms with Gasteiger partial charge in [0, 0.05) is 17.3 Å². The molecule has 3 heteroatoms. The van der Waals surface area contributed by atoms with Crippen LogP contribution in [0.4, 0.5) is 0 Å². The summed E-state index contributed by atoms with van der Waals surface area (Å²) < 4.78 is 1.98. The van der Waals surface area contributed by atoms with Crippen LogP contribution in [0.5, 0.6) is 0 Å². The predicted molar refractivity (Wildman–Crippen MR) is 76.6 cm³/mol. The number of alkyl halides is 1. The zero-order valence-corrected chi connectivity index (χ0v) is 12.2. The van der Waals surface area contributed by atoms with E-state index < -0.39 is 0 Å². The highest BCUT2D eigenvalue weighted by atomic mass is 79.9. The molecular weight excluding hydrogens is 276 g/mol. The fourth-order valence-electron chi connectivity index (χ4n) is 2.27. The summed E-state index contributed by atoms with van der Waals surface area (Å²) in [6, 6.07) is 8.45. The van der Waals surface area contributed by atoms with Crippen LogP contribution in [0, 0.1) is 5.92 Å². The molecule has 0 bridgehead atoms. The van der Waals surface area contributed by atoms with E-state index in [1.54, 1.807) is 0 Å². The van der Waals surface area contributed by atoms with E-state index in [1.165, 1.54) is 16.6 Å². The Morgan fingerprint density at radius 3 is 2.76 bits per heavy atom. The Hall–Kier alpha value is -0.830. The number of aromatic nitrogens is 2. The number of benzene rings is 1. The van der Waals surface area contributed by atoms with Crippen LogP contribution >= 0.6 is 15.9 Å². The molecule has 1 aromatic carbocycles. The minimum atomic E-state index is 0.572. The Balaban J connectivity index is 2.30. The summed E-state index contributed by atoms with van der Waals surface area (Å²) in [5, 5.41) is 5.93. The fraction of sp³-hybridized carbons (Fsp3) is 0.500. The Morgan fingerprint density at radius 1 is 1.35 bits per heavy atom. The number of fused-ring (bicyclic) bond motifs is 1. The molecular formula is C14H19BrN2. The molecule has 0 aliphatic rings. The van der Waals surface area contributed by atoms with Gasteiger partial charge in [0.1, 0.15) is 0 Å². The maximum atomic E-state index is 4.64. The molecule has 2 aromatic rings. The molecule has 0 aliphatic carbocycles. The molecule has 0 radical (unpaired) electrons. The number of para-hydroxylation sites is 1. The molecule has 0 aliphatic heterocycles. The van der Waals surface area contributed by atoms with E-state index in [0.717, 1.165) is 12.8 Å². The molecule has 0 amide bonds. The van der Waals surface area contributed by atoms with Crippen molar-refractivity contribution in [2.45, 2.75) is 31.5 Å². The predicted octanol–water partition coefficient (Wildman–Crippen LogP) is 3.93. The van der Waals surface area contributed by atoms with Crippen molar-refractivity contribution >= 4 is 26.8 Å². The Kier molecular flexibility index (Phi) is 3.87. The number of halogens is 1. The Labute approximate surface area is 111 Å². The minimum absolute atomic E-state index is 0.572. The molecule has 1 heterocycles. The van der Waals surface area contributed by atoms with Gasteiger partial charge in [-0.25, -0.2) is 0 Å². The van der Waals surface area contributed by atoms with Gasteiger partial charge < -0.3 is 0 Å². The third kappa shape index (κ3) is 2.54. The van der Waals surface area contributed by atoms with Gasteiger partial charge >= 0.3 is 0 Å². The highest BCUT2D eigenvalue weighted by Gasteiger charge is 2.16. The highest BCUT2D eigenvalue weighted by molar-refractivity contribution is 9.09. The molecule has 2 unspecified atom stereocenters. The van der Waals surface area contributed by atoms with E-state index in [0.29, 0.717) is 10.7 Å². The summed E-state index contributed by atoms with van der Waals surface area (Å²) in [4.78, 5) is 0.572. The molecule has 2 rings (SSSR count). The van der Waals surface area contributed by atoms with Gasteiger partial charge in [0.2, 0.25) is 0 Å². The lowest BCUT2D eigenvalue weighted by atomic mass is 9.98. The first-order valence-corrected chi connectivity index (χ1v) is 7.09. The number of rotatable bonds is 4. The molecule has 92 valence electrons. The van der Waals surface area contributed by atoms with Crippen LogP contribution in [0.3, 0.4) is 0 Å². The first-order chi connectivity index (χ1) is 8.13. The summed E-state index contributed by atoms with van der Waals surface area (Å²) in [5.74, 6) is 0.610. The van der Waals surface area contributed by atoms with Gasteiger partial charge in [-0.2, -0.15) is 5.10 Å². The van der Waals surface area contributed by atoms with Gasteiger partial charge in [0.25, 0.3) is 0 Å². The maximum absolute atomic E-state index is 4.64. The van der Waals surface area contributed by atoms with Crippen LogP contribution in [0.1, 0.15) is 26.0 Å². The van der Waals surface area contributed by atoms with Gasteiger partial charge in [-0.1, -0.05) is 48.0 Å². The van der Waals surface area contributed by atoms with Crippen LogP contribution in [0.15, 0.2) is 24.3 Å². The Morgan fingerprint density at radius 2 is 2.06 bits per heavy atom. The topological polar surface area (TPSA) is 17.8 Å². The average molecular weight is 295 g/mol. The SMILES string of the molecule is CCC(Br)C(C)Cc1nn(C)c2ccccc12. The van der Waals surface area contributed by atoms with Crippen molar-refractivity contribution in [1.29, 1.82) is 0 Å². The molecule has 0 fully saturated rings. The van der Waals surface area contributed by atoms with Crippen molar-refractivity contribution in [2.75, 3.05) is 0 Å². The lowest BCUT2D eigenvalue weighted by Crippen LogP contribution is -2.13. The average Bonchev–Trinajstić information content (AvgIpc) is 2.66. The number of hydrogen-bond donors (Lipinski definition) is 0. The highest BCUT2D eigenvalue weighted by Crippen LogP contribution is 2.24. The second kappa shape index (κ2) is 5.21. The van der Waals surface area contributed by atoms with Gasteiger partial charge in [0.15, 0.2) is 0 Å². The normalized spacial score (nSPS) is 15.1. The Bertz CT molecular complexity index is 504. The molecule has 0 spiro atoms. The van der Waals surface area contributed by atoms with Gasteiger partial charge in [-0.05, 0) is 24.8 Å². The second-order valence-corrected chi connectivity index (χ2v) is 5.87. The molecule has 0 saturated heterocycles. The van der Waals surface area contributed by atoms with Crippen molar-refractivity contribution in [2.24, 2.45) is 13.0 Å². The monoisotopic (exact) mass is 294 g/mol. The van der Waals surface area contributed by atoms with Crippen molar-refractivity contribution in [3.8, 4) is 0 Å². The van der Waals surface area contributed by atoms with Gasteiger partial charge in [-0.15, -0.1) is 0 Å². The molecule has 2 atom stereocenters. The van der Waals surface area contributed by atoms with Crippen LogP contribution in [0.2, 0.25) is 0 Å². The smallest absolute Gasteiger partial charge is 0.0706 e. The van der Waals surface area contributed by atoms with Crippen molar-refractivity contribution < 1.29 is 0 Å². The number of aryl methyl sites for hydroxylation is 1. The van der Waals surface area contributed by atoms with E-state index >= 15 is 0 Å². The standard InChI is InChI=1S/C14H19BrN2/c1-4-12(15)10(2)9-13-11-7-5-6-8-14(11)17(3)16-13/h5-8,10,12H,4,9H2,1-3H3. The zero-order valence-electron chi connectivity index (χ0n) is 10.7. The maximum Gasteiger partial charge on any atom is 0.0706 e. The van der Waals surface area contributed by atoms with Crippen molar-refractivity contribution in [3.63, 3.8) is 0 Å². The van der Waals surface area contributed by atoms with E-state index in [2.05, 4.69) is 59.1 Å². The summed E-state index contributed by atoms with van der Waals surface area (Å²) in [7, 11) is 2.02. The fourth-order valence-corrected chi connectivity index (χ4v) is 2.46. The lowest BCUT2D eigenvalue weighted by molar-refractivity contribution is 0.536. The summed E-state index contributed by atoms with van der Waals surface area (Å²) in [5.41, 5.74) is 2.44. The summed E-state index contributed by atoms with van der Waals surface area (Å²) in [6.07, 6.45) is 2.19. The van der Waals surface area contributed by atoms with E-state index in [-0.39, 0.29) is 0 Å². The van der Waals surface area contributed by atoms with Gasteiger partial charge in [-0.3, -0.25) is 4.68 Å². The first-order valence-electron chi connectivity index (χ1n) is 6.18. The molecule has 0 saturated carbocycles. The van der Waals surface area contributed by atoms with Crippen molar-refractivity contribution in [3.05, 3.63) is 30.0 Å². The van der Waals surface area contributed by atoms with E-state index in [9.17, 15) is 0 Å². The molecule has 2 nitrogen and oxygen atoms in total. The van der Waals surface area contributed by atoms with Crippen molar-refractivity contribution in [1.82, 2.24) is 9.78 Å². The van der Waals surface area contributed by atoms with Crippen LogP contribution < -0.4 is 0 Å². The lowest BCUT2D eigenvalue weighted by Gasteiger charge is -2.15. The number of nitrogens with zero attached hydrogens (tertiary/aromatic N) is 2. The second-order valence-electron chi connectivity index (χ2n) is 4.69. The third-order valence-electron chi connectivity index (χ3n) is 3.36. The van der Waals surface area contributed by atoms with Gasteiger partial charge in [0.05, 0.1) is 11.2 Å². The minimum Gasteiger partial charge on any atom is -0.268 e. The van der Waals surface area contributed by atoms with E-state index in [1.807, 2.05) is 11.7 Å². The van der Waals surface area contributed by atoms with Crippen LogP contribution in [0.25, 0.3) is 10.9 Å². The van der Waals surface area contributed by atoms with Crippen LogP contribution in [-0.4, -0.2) is 14.6 Å². The van der Waals surface area contributed by atoms with Crippen LogP contribution in [-0.2, 0) is 13.5 Å².